The molecule has 1 atom stereocenters. The summed E-state index contributed by atoms with van der Waals surface area (Å²) in [4.78, 5) is 0. The third kappa shape index (κ3) is 0.834. The molecule has 1 unspecified atom stereocenters. The highest BCUT2D eigenvalue weighted by Gasteiger charge is 2.24. The van der Waals surface area contributed by atoms with Crippen LogP contribution in [-0.2, 0) is 6.42 Å². The fourth-order valence-electron chi connectivity index (χ4n) is 1.92. The van der Waals surface area contributed by atoms with Gasteiger partial charge in [-0.3, -0.25) is 0 Å². The van der Waals surface area contributed by atoms with E-state index in [4.69, 9.17) is 0 Å². The number of hydrogen-bond donors (Lipinski definition) is 0. The minimum absolute atomic E-state index is 0.693. The first kappa shape index (κ1) is 6.96. The molecular weight excluding hydrogens is 134 g/mol. The fourth-order valence-corrected chi connectivity index (χ4v) is 1.92. The van der Waals surface area contributed by atoms with Crippen molar-refractivity contribution in [2.75, 3.05) is 0 Å². The van der Waals surface area contributed by atoms with Crippen molar-refractivity contribution >= 4 is 0 Å². The van der Waals surface area contributed by atoms with Crippen molar-refractivity contribution in [2.45, 2.75) is 39.2 Å². The Morgan fingerprint density at radius 3 is 2.73 bits per heavy atom. The lowest BCUT2D eigenvalue weighted by Crippen LogP contribution is -2.22. The Bertz CT molecular complexity index is 270. The number of hydrogen-bond acceptors (Lipinski definition) is 0. The van der Waals surface area contributed by atoms with Gasteiger partial charge in [0, 0.05) is 24.4 Å². The van der Waals surface area contributed by atoms with Crippen molar-refractivity contribution < 1.29 is 0 Å². The van der Waals surface area contributed by atoms with Gasteiger partial charge in [0.2, 0.25) is 0 Å². The summed E-state index contributed by atoms with van der Waals surface area (Å²) in [5, 5.41) is 0. The predicted octanol–water partition coefficient (Wildman–Crippen LogP) is 2.73. The van der Waals surface area contributed by atoms with Crippen molar-refractivity contribution in [3.63, 3.8) is 0 Å². The predicted molar refractivity (Wildman–Crippen MR) is 46.9 cm³/mol. The largest absolute Gasteiger partial charge is 0.348 e. The standard InChI is InChI=1S/C10H15N/c1-7(2)9-4-5-11-8(3)6-10(9)11/h4-5,7-8H,6H2,1-3H3. The van der Waals surface area contributed by atoms with E-state index in [1.54, 1.807) is 11.3 Å². The molecule has 0 bridgehead atoms. The van der Waals surface area contributed by atoms with Gasteiger partial charge in [-0.1, -0.05) is 13.8 Å². The van der Waals surface area contributed by atoms with Crippen LogP contribution in [0.1, 0.15) is 44.0 Å². The molecule has 2 rings (SSSR count). The average molecular weight is 149 g/mol. The zero-order chi connectivity index (χ0) is 8.01. The minimum Gasteiger partial charge on any atom is -0.348 e. The summed E-state index contributed by atoms with van der Waals surface area (Å²) in [6.07, 6.45) is 3.50. The quantitative estimate of drug-likeness (QED) is 0.578. The fraction of sp³-hybridized carbons (Fsp3) is 0.600. The Balaban J connectivity index is 2.39. The number of rotatable bonds is 1. The second-order valence-electron chi connectivity index (χ2n) is 3.83. The molecule has 11 heavy (non-hydrogen) atoms. The highest BCUT2D eigenvalue weighted by atomic mass is 15.1. The molecule has 0 aliphatic carbocycles. The Labute approximate surface area is 68.0 Å². The molecule has 2 heterocycles. The first-order valence-electron chi connectivity index (χ1n) is 4.39. The van der Waals surface area contributed by atoms with Crippen LogP contribution < -0.4 is 0 Å². The second kappa shape index (κ2) is 2.13. The summed E-state index contributed by atoms with van der Waals surface area (Å²) in [5.74, 6) is 0.693. The minimum atomic E-state index is 0.693. The molecule has 60 valence electrons. The normalized spacial score (nSPS) is 21.6. The monoisotopic (exact) mass is 149 g/mol. The molecule has 0 spiro atoms. The van der Waals surface area contributed by atoms with E-state index in [9.17, 15) is 0 Å². The second-order valence-corrected chi connectivity index (χ2v) is 3.83. The third-order valence-electron chi connectivity index (χ3n) is 2.65. The van der Waals surface area contributed by atoms with Gasteiger partial charge in [0.05, 0.1) is 0 Å². The molecule has 1 aliphatic rings. The molecule has 0 fully saturated rings. The molecule has 1 aliphatic heterocycles. The van der Waals surface area contributed by atoms with Crippen molar-refractivity contribution in [1.29, 1.82) is 0 Å². The van der Waals surface area contributed by atoms with Gasteiger partial charge in [-0.25, -0.2) is 0 Å². The number of fused-ring (bicyclic) bond motifs is 1. The first-order chi connectivity index (χ1) is 5.20. The lowest BCUT2D eigenvalue weighted by molar-refractivity contribution is 0.426. The Morgan fingerprint density at radius 2 is 2.27 bits per heavy atom. The van der Waals surface area contributed by atoms with E-state index in [1.165, 1.54) is 6.42 Å². The zero-order valence-electron chi connectivity index (χ0n) is 7.46. The summed E-state index contributed by atoms with van der Waals surface area (Å²) >= 11 is 0. The molecule has 1 nitrogen and oxygen atoms in total. The molecule has 0 radical (unpaired) electrons. The van der Waals surface area contributed by atoms with Crippen LogP contribution in [0.15, 0.2) is 12.3 Å². The van der Waals surface area contributed by atoms with Crippen LogP contribution in [0.25, 0.3) is 0 Å². The summed E-state index contributed by atoms with van der Waals surface area (Å²) in [5.41, 5.74) is 3.11. The van der Waals surface area contributed by atoms with Gasteiger partial charge in [0.25, 0.3) is 0 Å². The average Bonchev–Trinajstić information content (AvgIpc) is 2.25. The van der Waals surface area contributed by atoms with Gasteiger partial charge >= 0.3 is 0 Å². The van der Waals surface area contributed by atoms with Crippen molar-refractivity contribution in [2.24, 2.45) is 0 Å². The van der Waals surface area contributed by atoms with Gasteiger partial charge in [-0.15, -0.1) is 0 Å². The first-order valence-corrected chi connectivity index (χ1v) is 4.39. The summed E-state index contributed by atoms with van der Waals surface area (Å²) in [7, 11) is 0. The number of aromatic nitrogens is 1. The van der Waals surface area contributed by atoms with Gasteiger partial charge in [-0.2, -0.15) is 0 Å². The van der Waals surface area contributed by atoms with Crippen LogP contribution >= 0.6 is 0 Å². The van der Waals surface area contributed by atoms with Crippen molar-refractivity contribution in [1.82, 2.24) is 4.57 Å². The van der Waals surface area contributed by atoms with Crippen LogP contribution in [0.2, 0.25) is 0 Å². The molecule has 0 amide bonds. The zero-order valence-corrected chi connectivity index (χ0v) is 7.46. The van der Waals surface area contributed by atoms with Crippen LogP contribution in [0.3, 0.4) is 0 Å². The Morgan fingerprint density at radius 1 is 1.55 bits per heavy atom. The van der Waals surface area contributed by atoms with E-state index < -0.39 is 0 Å². The maximum absolute atomic E-state index is 2.38. The molecular formula is C10H15N. The lowest BCUT2D eigenvalue weighted by Gasteiger charge is -2.29. The SMILES string of the molecule is CC(C)c1ccn2c1CC2C. The maximum Gasteiger partial charge on any atom is 0.0359 e. The Kier molecular flexibility index (Phi) is 1.35. The molecule has 0 saturated carbocycles. The van der Waals surface area contributed by atoms with Gasteiger partial charge in [0.1, 0.15) is 0 Å². The van der Waals surface area contributed by atoms with E-state index in [-0.39, 0.29) is 0 Å². The summed E-state index contributed by atoms with van der Waals surface area (Å²) in [6, 6.07) is 3.02. The van der Waals surface area contributed by atoms with Crippen LogP contribution in [0, 0.1) is 0 Å². The molecule has 1 aromatic heterocycles. The van der Waals surface area contributed by atoms with Crippen LogP contribution in [-0.4, -0.2) is 4.57 Å². The van der Waals surface area contributed by atoms with Crippen LogP contribution in [0.5, 0.6) is 0 Å². The van der Waals surface area contributed by atoms with E-state index in [0.717, 1.165) is 6.04 Å². The molecule has 0 N–H and O–H groups in total. The summed E-state index contributed by atoms with van der Waals surface area (Å²) in [6.45, 7) is 6.80. The highest BCUT2D eigenvalue weighted by molar-refractivity contribution is 5.31. The van der Waals surface area contributed by atoms with Crippen molar-refractivity contribution in [3.05, 3.63) is 23.5 Å². The smallest absolute Gasteiger partial charge is 0.0359 e. The van der Waals surface area contributed by atoms with Crippen LogP contribution in [0.4, 0.5) is 0 Å². The van der Waals surface area contributed by atoms with E-state index in [1.807, 2.05) is 0 Å². The van der Waals surface area contributed by atoms with Gasteiger partial charge in [-0.05, 0) is 24.5 Å². The summed E-state index contributed by atoms with van der Waals surface area (Å²) < 4.78 is 2.38. The molecule has 1 aromatic rings. The molecule has 0 aromatic carbocycles. The van der Waals surface area contributed by atoms with E-state index in [2.05, 4.69) is 37.6 Å². The molecule has 1 heteroatoms. The number of nitrogens with zero attached hydrogens (tertiary/aromatic N) is 1. The van der Waals surface area contributed by atoms with Gasteiger partial charge in [0.15, 0.2) is 0 Å². The maximum atomic E-state index is 2.38. The van der Waals surface area contributed by atoms with E-state index in [0.29, 0.717) is 5.92 Å². The Hall–Kier alpha value is -0.720. The lowest BCUT2D eigenvalue weighted by atomic mass is 9.96. The van der Waals surface area contributed by atoms with Crippen molar-refractivity contribution in [3.8, 4) is 0 Å². The molecule has 0 saturated heterocycles. The highest BCUT2D eigenvalue weighted by Crippen LogP contribution is 2.33. The third-order valence-corrected chi connectivity index (χ3v) is 2.65. The van der Waals surface area contributed by atoms with E-state index >= 15 is 0 Å². The van der Waals surface area contributed by atoms with Gasteiger partial charge < -0.3 is 4.57 Å². The topological polar surface area (TPSA) is 4.93 Å².